The number of rotatable bonds is 44. The molecule has 10 nitrogen and oxygen atoms in total. The van der Waals surface area contributed by atoms with Gasteiger partial charge in [-0.3, -0.25) is 18.6 Å². The molecule has 0 saturated heterocycles. The highest BCUT2D eigenvalue weighted by molar-refractivity contribution is 7.47. The van der Waals surface area contributed by atoms with Gasteiger partial charge in [-0.2, -0.15) is 0 Å². The number of ether oxygens (including phenoxy) is 2. The number of phosphoric acid groups is 1. The molecule has 0 aromatic carbocycles. The monoisotopic (exact) mass is 828 g/mol. The highest BCUT2D eigenvalue weighted by Crippen LogP contribution is 2.43. The average Bonchev–Trinajstić information content (AvgIpc) is 3.19. The lowest BCUT2D eigenvalue weighted by atomic mass is 10.1. The van der Waals surface area contributed by atoms with Crippen LogP contribution in [-0.2, 0) is 32.7 Å². The Morgan fingerprint density at radius 3 is 1.47 bits per heavy atom. The smallest absolute Gasteiger partial charge is 0.472 e. The molecular weight excluding hydrogens is 741 g/mol. The van der Waals surface area contributed by atoms with Crippen molar-refractivity contribution < 1.29 is 42.7 Å². The minimum atomic E-state index is -4.62. The van der Waals surface area contributed by atoms with Crippen molar-refractivity contribution in [3.63, 3.8) is 0 Å². The number of nitrogens with two attached hydrogens (primary N) is 1. The van der Waals surface area contributed by atoms with Gasteiger partial charge in [0.1, 0.15) is 12.1 Å². The van der Waals surface area contributed by atoms with Gasteiger partial charge in [-0.05, 0) is 70.6 Å². The summed E-state index contributed by atoms with van der Waals surface area (Å²) in [6.45, 7) is 3.84. The highest BCUT2D eigenvalue weighted by Gasteiger charge is 2.27. The van der Waals surface area contributed by atoms with Crippen molar-refractivity contribution in [1.29, 1.82) is 0 Å². The number of hydrogen-bond acceptors (Lipinski definition) is 8. The second-order valence-electron chi connectivity index (χ2n) is 15.5. The minimum Gasteiger partial charge on any atom is -0.480 e. The van der Waals surface area contributed by atoms with Crippen LogP contribution in [0.3, 0.4) is 0 Å². The Bertz CT molecular complexity index is 1050. The summed E-state index contributed by atoms with van der Waals surface area (Å²) in [5, 5.41) is 8.90. The minimum absolute atomic E-state index is 0.0100. The van der Waals surface area contributed by atoms with Crippen molar-refractivity contribution in [2.45, 2.75) is 219 Å². The topological polar surface area (TPSA) is 155 Å². The number of carbonyl (C=O) groups is 2. The van der Waals surface area contributed by atoms with E-state index in [-0.39, 0.29) is 13.0 Å². The lowest BCUT2D eigenvalue weighted by Crippen LogP contribution is -2.34. The van der Waals surface area contributed by atoms with E-state index in [1.807, 2.05) is 0 Å². The Morgan fingerprint density at radius 2 is 0.965 bits per heavy atom. The Balaban J connectivity index is 4.21. The molecule has 4 N–H and O–H groups in total. The van der Waals surface area contributed by atoms with E-state index in [1.165, 1.54) is 128 Å². The number of esters is 1. The van der Waals surface area contributed by atoms with Crippen LogP contribution in [0.25, 0.3) is 0 Å². The molecule has 0 aliphatic heterocycles. The van der Waals surface area contributed by atoms with E-state index in [1.54, 1.807) is 0 Å². The molecule has 0 rings (SSSR count). The molecule has 0 fully saturated rings. The maximum absolute atomic E-state index is 12.7. The van der Waals surface area contributed by atoms with E-state index in [0.29, 0.717) is 13.0 Å². The molecule has 0 aliphatic rings. The van der Waals surface area contributed by atoms with Crippen LogP contribution in [0.4, 0.5) is 0 Å². The van der Waals surface area contributed by atoms with Crippen molar-refractivity contribution in [3.8, 4) is 0 Å². The lowest BCUT2D eigenvalue weighted by molar-refractivity contribution is -0.154. The summed E-state index contributed by atoms with van der Waals surface area (Å²) in [7, 11) is -4.62. The predicted molar refractivity (Wildman–Crippen MR) is 235 cm³/mol. The number of carboxylic acids is 1. The molecular formula is C46H86NO9P. The fraction of sp³-hybridized carbons (Fsp3) is 0.826. The number of carboxylic acid groups (broad SMARTS) is 1. The van der Waals surface area contributed by atoms with Gasteiger partial charge >= 0.3 is 19.8 Å². The number of aliphatic carboxylic acids is 1. The van der Waals surface area contributed by atoms with Gasteiger partial charge in [0.25, 0.3) is 0 Å². The summed E-state index contributed by atoms with van der Waals surface area (Å²) >= 11 is 0. The molecule has 0 aliphatic carbocycles. The lowest BCUT2D eigenvalue weighted by Gasteiger charge is -2.20. The molecule has 334 valence electrons. The first kappa shape index (κ1) is 55.2. The molecule has 11 heteroatoms. The Kier molecular flexibility index (Phi) is 41.0. The van der Waals surface area contributed by atoms with E-state index < -0.39 is 45.1 Å². The fourth-order valence-corrected chi connectivity index (χ4v) is 7.05. The summed E-state index contributed by atoms with van der Waals surface area (Å²) in [5.74, 6) is -1.78. The zero-order valence-electron chi connectivity index (χ0n) is 36.4. The average molecular weight is 828 g/mol. The summed E-state index contributed by atoms with van der Waals surface area (Å²) < 4.78 is 33.4. The quantitative estimate of drug-likeness (QED) is 0.0234. The van der Waals surface area contributed by atoms with Crippen LogP contribution in [0.2, 0.25) is 0 Å². The van der Waals surface area contributed by atoms with E-state index >= 15 is 0 Å². The molecule has 0 radical (unpaired) electrons. The number of hydrogen-bond donors (Lipinski definition) is 3. The number of carbonyl (C=O) groups excluding carboxylic acids is 1. The standard InChI is InChI=1S/C46H86NO9P/c1-3-5-7-9-11-13-15-17-19-21-22-23-24-26-28-30-32-34-36-38-45(48)56-43(41-54-57(51,52)55-42-44(47)46(49)50)40-53-39-37-35-33-31-29-27-25-20-18-16-14-12-10-8-6-4-2/h12,14,17-20,43-44H,3-11,13,15-16,21-42,47H2,1-2H3,(H,49,50)(H,51,52)/b14-12-,19-17-,20-18-. The first-order valence-corrected chi connectivity index (χ1v) is 24.5. The van der Waals surface area contributed by atoms with E-state index in [2.05, 4.69) is 50.3 Å². The Labute approximate surface area is 348 Å². The van der Waals surface area contributed by atoms with Crippen molar-refractivity contribution >= 4 is 19.8 Å². The fourth-order valence-electron chi connectivity index (χ4n) is 6.28. The van der Waals surface area contributed by atoms with Crippen LogP contribution >= 0.6 is 7.82 Å². The first-order valence-electron chi connectivity index (χ1n) is 23.0. The van der Waals surface area contributed by atoms with E-state index in [9.17, 15) is 19.0 Å². The first-order chi connectivity index (χ1) is 27.7. The van der Waals surface area contributed by atoms with Gasteiger partial charge < -0.3 is 25.2 Å². The molecule has 0 amide bonds. The summed E-state index contributed by atoms with van der Waals surface area (Å²) in [4.78, 5) is 33.6. The normalized spacial score (nSPS) is 14.2. The Morgan fingerprint density at radius 1 is 0.561 bits per heavy atom. The maximum Gasteiger partial charge on any atom is 0.472 e. The van der Waals surface area contributed by atoms with Gasteiger partial charge in [-0.25, -0.2) is 4.57 Å². The van der Waals surface area contributed by atoms with Crippen LogP contribution in [-0.4, -0.2) is 60.5 Å². The van der Waals surface area contributed by atoms with E-state index in [4.69, 9.17) is 29.4 Å². The van der Waals surface area contributed by atoms with Gasteiger partial charge in [-0.15, -0.1) is 0 Å². The maximum atomic E-state index is 12.7. The third kappa shape index (κ3) is 42.1. The molecule has 57 heavy (non-hydrogen) atoms. The second kappa shape index (κ2) is 42.3. The number of phosphoric ester groups is 1. The molecule has 0 spiro atoms. The molecule has 0 aromatic rings. The molecule has 0 heterocycles. The zero-order valence-corrected chi connectivity index (χ0v) is 37.3. The second-order valence-corrected chi connectivity index (χ2v) is 17.0. The third-order valence-electron chi connectivity index (χ3n) is 9.89. The van der Waals surface area contributed by atoms with Crippen molar-refractivity contribution in [2.75, 3.05) is 26.4 Å². The molecule has 0 bridgehead atoms. The van der Waals surface area contributed by atoms with Crippen molar-refractivity contribution in [3.05, 3.63) is 36.5 Å². The third-order valence-corrected chi connectivity index (χ3v) is 10.8. The van der Waals surface area contributed by atoms with Crippen LogP contribution in [0.1, 0.15) is 206 Å². The SMILES string of the molecule is CCCCC/C=C\C/C=C\CCCCCCCCOCC(COP(=O)(O)OCC(N)C(=O)O)OC(=O)CCCCCCCCCCC/C=C\CCCCCCCC. The van der Waals surface area contributed by atoms with Crippen LogP contribution in [0, 0.1) is 0 Å². The Hall–Kier alpha value is -1.81. The van der Waals surface area contributed by atoms with Crippen molar-refractivity contribution in [1.82, 2.24) is 0 Å². The molecule has 0 saturated carbocycles. The highest BCUT2D eigenvalue weighted by atomic mass is 31.2. The van der Waals surface area contributed by atoms with Crippen LogP contribution < -0.4 is 5.73 Å². The molecule has 3 atom stereocenters. The van der Waals surface area contributed by atoms with Crippen LogP contribution in [0.15, 0.2) is 36.5 Å². The predicted octanol–water partition coefficient (Wildman–Crippen LogP) is 12.9. The summed E-state index contributed by atoms with van der Waals surface area (Å²) in [6, 6.07) is -1.47. The largest absolute Gasteiger partial charge is 0.480 e. The van der Waals surface area contributed by atoms with E-state index in [0.717, 1.165) is 51.4 Å². The summed E-state index contributed by atoms with van der Waals surface area (Å²) in [5.41, 5.74) is 5.36. The van der Waals surface area contributed by atoms with Gasteiger partial charge in [0.05, 0.1) is 19.8 Å². The van der Waals surface area contributed by atoms with Gasteiger partial charge in [0.2, 0.25) is 0 Å². The number of allylic oxidation sites excluding steroid dienone is 6. The van der Waals surface area contributed by atoms with Crippen LogP contribution in [0.5, 0.6) is 0 Å². The van der Waals surface area contributed by atoms with Gasteiger partial charge in [-0.1, -0.05) is 166 Å². The van der Waals surface area contributed by atoms with Gasteiger partial charge in [0, 0.05) is 13.0 Å². The number of unbranched alkanes of at least 4 members (excludes halogenated alkanes) is 24. The molecule has 3 unspecified atom stereocenters. The molecule has 0 aromatic heterocycles. The summed E-state index contributed by atoms with van der Waals surface area (Å²) in [6.07, 6.45) is 47.6. The van der Waals surface area contributed by atoms with Crippen molar-refractivity contribution in [2.24, 2.45) is 5.73 Å². The zero-order chi connectivity index (χ0) is 41.9. The van der Waals surface area contributed by atoms with Gasteiger partial charge in [0.15, 0.2) is 0 Å².